The van der Waals surface area contributed by atoms with Gasteiger partial charge < -0.3 is 4.74 Å². The molecule has 0 bridgehead atoms. The van der Waals surface area contributed by atoms with Gasteiger partial charge in [-0.25, -0.2) is 13.4 Å². The molecule has 0 aliphatic carbocycles. The standard InChI is InChI=1S/C16H20N2O3S/c1-4-8-14-12(2)17-16(22(3,19)20)18-15(14)21-11-13-9-6-5-7-10-13/h5-7,9-10H,4,8,11H2,1-3H3. The van der Waals surface area contributed by atoms with E-state index in [0.717, 1.165) is 30.2 Å². The summed E-state index contributed by atoms with van der Waals surface area (Å²) in [7, 11) is -3.46. The molecule has 6 heteroatoms. The van der Waals surface area contributed by atoms with Crippen LogP contribution in [-0.2, 0) is 22.9 Å². The lowest BCUT2D eigenvalue weighted by Gasteiger charge is -2.13. The first-order valence-corrected chi connectivity index (χ1v) is 9.05. The van der Waals surface area contributed by atoms with Crippen LogP contribution in [0.1, 0.15) is 30.2 Å². The predicted molar refractivity (Wildman–Crippen MR) is 84.6 cm³/mol. The molecular formula is C16H20N2O3S. The molecular weight excluding hydrogens is 300 g/mol. The molecule has 1 heterocycles. The van der Waals surface area contributed by atoms with Gasteiger partial charge in [0.05, 0.1) is 0 Å². The van der Waals surface area contributed by atoms with Gasteiger partial charge in [0.15, 0.2) is 0 Å². The maximum atomic E-state index is 11.7. The molecule has 0 saturated heterocycles. The van der Waals surface area contributed by atoms with Gasteiger partial charge >= 0.3 is 0 Å². The van der Waals surface area contributed by atoms with Gasteiger partial charge in [-0.3, -0.25) is 0 Å². The molecule has 0 saturated carbocycles. The van der Waals surface area contributed by atoms with Crippen LogP contribution >= 0.6 is 0 Å². The van der Waals surface area contributed by atoms with Crippen molar-refractivity contribution in [1.82, 2.24) is 9.97 Å². The minimum absolute atomic E-state index is 0.187. The maximum Gasteiger partial charge on any atom is 0.250 e. The second kappa shape index (κ2) is 6.87. The van der Waals surface area contributed by atoms with E-state index in [1.807, 2.05) is 37.3 Å². The van der Waals surface area contributed by atoms with E-state index < -0.39 is 9.84 Å². The highest BCUT2D eigenvalue weighted by Crippen LogP contribution is 2.23. The molecule has 2 rings (SSSR count). The topological polar surface area (TPSA) is 69.2 Å². The van der Waals surface area contributed by atoms with Crippen molar-refractivity contribution >= 4 is 9.84 Å². The fourth-order valence-electron chi connectivity index (χ4n) is 2.09. The number of benzene rings is 1. The highest BCUT2D eigenvalue weighted by Gasteiger charge is 2.18. The van der Waals surface area contributed by atoms with E-state index in [1.165, 1.54) is 0 Å². The van der Waals surface area contributed by atoms with Gasteiger partial charge in [-0.15, -0.1) is 0 Å². The molecule has 0 fully saturated rings. The maximum absolute atomic E-state index is 11.7. The molecule has 0 amide bonds. The van der Waals surface area contributed by atoms with Crippen LogP contribution in [0.3, 0.4) is 0 Å². The summed E-state index contributed by atoms with van der Waals surface area (Å²) < 4.78 is 29.2. The third-order valence-corrected chi connectivity index (χ3v) is 4.05. The Hall–Kier alpha value is -1.95. The largest absolute Gasteiger partial charge is 0.472 e. The van der Waals surface area contributed by atoms with Gasteiger partial charge in [0.1, 0.15) is 6.61 Å². The summed E-state index contributed by atoms with van der Waals surface area (Å²) in [6.45, 7) is 4.18. The van der Waals surface area contributed by atoms with E-state index in [-0.39, 0.29) is 5.16 Å². The number of ether oxygens (including phenoxy) is 1. The minimum atomic E-state index is -3.46. The van der Waals surface area contributed by atoms with Crippen LogP contribution in [0.25, 0.3) is 0 Å². The van der Waals surface area contributed by atoms with E-state index in [4.69, 9.17) is 4.74 Å². The number of rotatable bonds is 6. The molecule has 0 radical (unpaired) electrons. The molecule has 0 unspecified atom stereocenters. The lowest BCUT2D eigenvalue weighted by atomic mass is 10.1. The van der Waals surface area contributed by atoms with Crippen molar-refractivity contribution in [2.45, 2.75) is 38.5 Å². The van der Waals surface area contributed by atoms with Gasteiger partial charge in [0.25, 0.3) is 0 Å². The lowest BCUT2D eigenvalue weighted by Crippen LogP contribution is -2.11. The van der Waals surface area contributed by atoms with Crippen LogP contribution in [-0.4, -0.2) is 24.6 Å². The van der Waals surface area contributed by atoms with Crippen LogP contribution < -0.4 is 4.74 Å². The van der Waals surface area contributed by atoms with Crippen molar-refractivity contribution in [1.29, 1.82) is 0 Å². The summed E-state index contributed by atoms with van der Waals surface area (Å²) in [6, 6.07) is 9.69. The molecule has 1 aromatic carbocycles. The van der Waals surface area contributed by atoms with E-state index in [9.17, 15) is 8.42 Å². The summed E-state index contributed by atoms with van der Waals surface area (Å²) in [5, 5.41) is -0.187. The number of nitrogens with zero attached hydrogens (tertiary/aromatic N) is 2. The summed E-state index contributed by atoms with van der Waals surface area (Å²) in [6.07, 6.45) is 2.76. The van der Waals surface area contributed by atoms with Crippen molar-refractivity contribution in [2.24, 2.45) is 0 Å². The average Bonchev–Trinajstić information content (AvgIpc) is 2.47. The van der Waals surface area contributed by atoms with Crippen molar-refractivity contribution in [3.05, 3.63) is 47.2 Å². The number of hydrogen-bond acceptors (Lipinski definition) is 5. The van der Waals surface area contributed by atoms with Crippen LogP contribution in [0.4, 0.5) is 0 Å². The number of aromatic nitrogens is 2. The van der Waals surface area contributed by atoms with Crippen LogP contribution in [0.5, 0.6) is 5.88 Å². The quantitative estimate of drug-likeness (QED) is 0.765. The Bertz CT molecular complexity index is 743. The first-order valence-electron chi connectivity index (χ1n) is 7.16. The molecule has 0 N–H and O–H groups in total. The van der Waals surface area contributed by atoms with E-state index in [0.29, 0.717) is 18.2 Å². The summed E-state index contributed by atoms with van der Waals surface area (Å²) in [5.41, 5.74) is 2.52. The fraction of sp³-hybridized carbons (Fsp3) is 0.375. The Kier molecular flexibility index (Phi) is 5.13. The van der Waals surface area contributed by atoms with Crippen molar-refractivity contribution in [3.63, 3.8) is 0 Å². The van der Waals surface area contributed by atoms with Crippen LogP contribution in [0.2, 0.25) is 0 Å². The average molecular weight is 320 g/mol. The van der Waals surface area contributed by atoms with Gasteiger partial charge in [-0.05, 0) is 18.9 Å². The Balaban J connectivity index is 2.36. The van der Waals surface area contributed by atoms with E-state index >= 15 is 0 Å². The van der Waals surface area contributed by atoms with Crippen molar-refractivity contribution in [3.8, 4) is 5.88 Å². The zero-order valence-electron chi connectivity index (χ0n) is 13.0. The highest BCUT2D eigenvalue weighted by atomic mass is 32.2. The molecule has 1 aromatic heterocycles. The molecule has 118 valence electrons. The van der Waals surface area contributed by atoms with Crippen molar-refractivity contribution in [2.75, 3.05) is 6.26 Å². The van der Waals surface area contributed by atoms with Gasteiger partial charge in [0.2, 0.25) is 20.9 Å². The molecule has 0 atom stereocenters. The van der Waals surface area contributed by atoms with Gasteiger partial charge in [-0.1, -0.05) is 43.7 Å². The predicted octanol–water partition coefficient (Wildman–Crippen LogP) is 2.72. The summed E-state index contributed by atoms with van der Waals surface area (Å²) in [5.74, 6) is 0.360. The second-order valence-electron chi connectivity index (χ2n) is 5.17. The first kappa shape index (κ1) is 16.4. The summed E-state index contributed by atoms with van der Waals surface area (Å²) in [4.78, 5) is 8.22. The molecule has 0 aliphatic rings. The smallest absolute Gasteiger partial charge is 0.250 e. The molecule has 22 heavy (non-hydrogen) atoms. The monoisotopic (exact) mass is 320 g/mol. The third kappa shape index (κ3) is 4.04. The van der Waals surface area contributed by atoms with E-state index in [1.54, 1.807) is 6.92 Å². The second-order valence-corrected chi connectivity index (χ2v) is 7.08. The normalized spacial score (nSPS) is 11.4. The van der Waals surface area contributed by atoms with Gasteiger partial charge in [0, 0.05) is 17.5 Å². The Morgan fingerprint density at radius 1 is 1.14 bits per heavy atom. The van der Waals surface area contributed by atoms with Crippen LogP contribution in [0, 0.1) is 6.92 Å². The van der Waals surface area contributed by atoms with Crippen molar-refractivity contribution < 1.29 is 13.2 Å². The highest BCUT2D eigenvalue weighted by molar-refractivity contribution is 7.90. The zero-order chi connectivity index (χ0) is 16.2. The molecule has 0 aliphatic heterocycles. The first-order chi connectivity index (χ1) is 10.4. The molecule has 5 nitrogen and oxygen atoms in total. The fourth-order valence-corrected chi connectivity index (χ4v) is 2.65. The zero-order valence-corrected chi connectivity index (χ0v) is 13.9. The van der Waals surface area contributed by atoms with Gasteiger partial charge in [-0.2, -0.15) is 4.98 Å². The number of sulfone groups is 1. The van der Waals surface area contributed by atoms with E-state index in [2.05, 4.69) is 9.97 Å². The Morgan fingerprint density at radius 3 is 2.41 bits per heavy atom. The summed E-state index contributed by atoms with van der Waals surface area (Å²) >= 11 is 0. The Morgan fingerprint density at radius 2 is 1.82 bits per heavy atom. The van der Waals surface area contributed by atoms with Crippen LogP contribution in [0.15, 0.2) is 35.5 Å². The lowest BCUT2D eigenvalue weighted by molar-refractivity contribution is 0.286. The third-order valence-electron chi connectivity index (χ3n) is 3.21. The Labute approximate surface area is 131 Å². The minimum Gasteiger partial charge on any atom is -0.472 e. The molecule has 0 spiro atoms. The number of aryl methyl sites for hydroxylation is 1. The SMILES string of the molecule is CCCc1c(C)nc(S(C)(=O)=O)nc1OCc1ccccc1. The molecule has 2 aromatic rings. The number of hydrogen-bond donors (Lipinski definition) is 0.